The molecule has 118 valence electrons. The number of hydrogen-bond donors (Lipinski definition) is 1. The molecule has 1 unspecified atom stereocenters. The molecule has 2 rings (SSSR count). The zero-order valence-corrected chi connectivity index (χ0v) is 13.3. The molecule has 1 aliphatic rings. The number of sulfone groups is 1. The van der Waals surface area contributed by atoms with Gasteiger partial charge in [-0.2, -0.15) is 0 Å². The van der Waals surface area contributed by atoms with Crippen molar-refractivity contribution >= 4 is 9.84 Å². The zero-order valence-electron chi connectivity index (χ0n) is 12.5. The summed E-state index contributed by atoms with van der Waals surface area (Å²) in [5.74, 6) is 0.141. The van der Waals surface area contributed by atoms with E-state index < -0.39 is 9.84 Å². The number of benzene rings is 1. The van der Waals surface area contributed by atoms with Crippen LogP contribution in [-0.2, 0) is 21.1 Å². The van der Waals surface area contributed by atoms with Crippen molar-refractivity contribution in [1.29, 1.82) is 0 Å². The van der Waals surface area contributed by atoms with Gasteiger partial charge in [0.05, 0.1) is 16.8 Å². The Morgan fingerprint density at radius 2 is 2.05 bits per heavy atom. The number of nitrogens with two attached hydrogens (primary N) is 1. The summed E-state index contributed by atoms with van der Waals surface area (Å²) in [4.78, 5) is 2.54. The molecule has 1 heterocycles. The standard InChI is InChI=1S/C15H24N2O3S/c1-13-12-17(7-2-9-20-13)8-10-21(18,19)15-5-3-14(11-16)4-6-15/h3-6,13H,2,7-12,16H2,1H3. The average molecular weight is 312 g/mol. The van der Waals surface area contributed by atoms with E-state index in [4.69, 9.17) is 10.5 Å². The highest BCUT2D eigenvalue weighted by molar-refractivity contribution is 7.91. The normalized spacial score (nSPS) is 21.1. The third-order valence-electron chi connectivity index (χ3n) is 3.73. The van der Waals surface area contributed by atoms with Crippen LogP contribution in [-0.4, -0.2) is 51.4 Å². The number of hydrogen-bond acceptors (Lipinski definition) is 5. The molecule has 1 atom stereocenters. The molecular weight excluding hydrogens is 288 g/mol. The first-order chi connectivity index (χ1) is 10.0. The van der Waals surface area contributed by atoms with Crippen LogP contribution in [0.5, 0.6) is 0 Å². The van der Waals surface area contributed by atoms with Crippen LogP contribution in [0.2, 0.25) is 0 Å². The molecule has 6 heteroatoms. The van der Waals surface area contributed by atoms with Crippen molar-refractivity contribution in [2.24, 2.45) is 5.73 Å². The van der Waals surface area contributed by atoms with Crippen molar-refractivity contribution in [3.63, 3.8) is 0 Å². The molecule has 0 radical (unpaired) electrons. The minimum absolute atomic E-state index is 0.141. The highest BCUT2D eigenvalue weighted by atomic mass is 32.2. The molecule has 0 spiro atoms. The predicted molar refractivity (Wildman–Crippen MR) is 82.9 cm³/mol. The molecule has 0 bridgehead atoms. The number of nitrogens with zero attached hydrogens (tertiary/aromatic N) is 1. The van der Waals surface area contributed by atoms with Gasteiger partial charge in [-0.1, -0.05) is 12.1 Å². The first kappa shape index (κ1) is 16.4. The van der Waals surface area contributed by atoms with E-state index in [1.54, 1.807) is 24.3 Å². The maximum atomic E-state index is 12.4. The molecule has 0 aromatic heterocycles. The van der Waals surface area contributed by atoms with Crippen LogP contribution in [0.3, 0.4) is 0 Å². The molecule has 5 nitrogen and oxygen atoms in total. The topological polar surface area (TPSA) is 72.6 Å². The zero-order chi connectivity index (χ0) is 15.3. The first-order valence-corrected chi connectivity index (χ1v) is 9.02. The third-order valence-corrected chi connectivity index (χ3v) is 5.44. The molecular formula is C15H24N2O3S. The van der Waals surface area contributed by atoms with Crippen LogP contribution >= 0.6 is 0 Å². The fourth-order valence-corrected chi connectivity index (χ4v) is 3.77. The minimum atomic E-state index is -3.24. The van der Waals surface area contributed by atoms with Gasteiger partial charge in [-0.3, -0.25) is 4.90 Å². The second-order valence-electron chi connectivity index (χ2n) is 5.50. The Bertz CT molecular complexity index is 543. The van der Waals surface area contributed by atoms with Crippen LogP contribution in [0.4, 0.5) is 0 Å². The van der Waals surface area contributed by atoms with Gasteiger partial charge in [-0.25, -0.2) is 8.42 Å². The van der Waals surface area contributed by atoms with E-state index in [1.807, 2.05) is 6.92 Å². The van der Waals surface area contributed by atoms with Crippen molar-refractivity contribution in [3.8, 4) is 0 Å². The number of rotatable bonds is 5. The minimum Gasteiger partial charge on any atom is -0.377 e. The molecule has 1 aromatic carbocycles. The molecule has 0 aliphatic carbocycles. The first-order valence-electron chi connectivity index (χ1n) is 7.37. The van der Waals surface area contributed by atoms with Gasteiger partial charge in [-0.05, 0) is 31.0 Å². The maximum Gasteiger partial charge on any atom is 0.179 e. The third kappa shape index (κ3) is 4.78. The summed E-state index contributed by atoms with van der Waals surface area (Å²) < 4.78 is 30.3. The smallest absolute Gasteiger partial charge is 0.179 e. The Morgan fingerprint density at radius 1 is 1.33 bits per heavy atom. The van der Waals surface area contributed by atoms with Gasteiger partial charge in [0.15, 0.2) is 9.84 Å². The van der Waals surface area contributed by atoms with E-state index in [0.717, 1.165) is 31.7 Å². The highest BCUT2D eigenvalue weighted by Gasteiger charge is 2.19. The van der Waals surface area contributed by atoms with Crippen LogP contribution < -0.4 is 5.73 Å². The van der Waals surface area contributed by atoms with Gasteiger partial charge in [-0.15, -0.1) is 0 Å². The summed E-state index contributed by atoms with van der Waals surface area (Å²) in [6.07, 6.45) is 1.12. The number of ether oxygens (including phenoxy) is 1. The van der Waals surface area contributed by atoms with Crippen LogP contribution in [0, 0.1) is 0 Å². The SMILES string of the molecule is CC1CN(CCS(=O)(=O)c2ccc(CN)cc2)CCCO1. The van der Waals surface area contributed by atoms with E-state index in [-0.39, 0.29) is 11.9 Å². The van der Waals surface area contributed by atoms with Gasteiger partial charge in [0.2, 0.25) is 0 Å². The lowest BCUT2D eigenvalue weighted by Gasteiger charge is -2.21. The van der Waals surface area contributed by atoms with E-state index in [0.29, 0.717) is 18.0 Å². The fraction of sp³-hybridized carbons (Fsp3) is 0.600. The van der Waals surface area contributed by atoms with Crippen molar-refractivity contribution in [2.75, 3.05) is 32.0 Å². The summed E-state index contributed by atoms with van der Waals surface area (Å²) in [5, 5.41) is 0. The Hall–Kier alpha value is -0.950. The molecule has 1 fully saturated rings. The Balaban J connectivity index is 1.96. The molecule has 1 aliphatic heterocycles. The van der Waals surface area contributed by atoms with Gasteiger partial charge >= 0.3 is 0 Å². The van der Waals surface area contributed by atoms with Gasteiger partial charge < -0.3 is 10.5 Å². The Kier molecular flexibility index (Phi) is 5.75. The lowest BCUT2D eigenvalue weighted by molar-refractivity contribution is 0.0685. The second-order valence-corrected chi connectivity index (χ2v) is 7.61. The highest BCUT2D eigenvalue weighted by Crippen LogP contribution is 2.13. The van der Waals surface area contributed by atoms with Gasteiger partial charge in [0, 0.05) is 32.8 Å². The molecule has 21 heavy (non-hydrogen) atoms. The summed E-state index contributed by atoms with van der Waals surface area (Å²) in [6.45, 7) is 5.44. The van der Waals surface area contributed by atoms with Crippen molar-refractivity contribution < 1.29 is 13.2 Å². The lowest BCUT2D eigenvalue weighted by Crippen LogP contribution is -2.34. The van der Waals surface area contributed by atoms with E-state index in [2.05, 4.69) is 4.90 Å². The summed E-state index contributed by atoms with van der Waals surface area (Å²) in [7, 11) is -3.24. The monoisotopic (exact) mass is 312 g/mol. The molecule has 0 saturated carbocycles. The van der Waals surface area contributed by atoms with Crippen LogP contribution in [0.1, 0.15) is 18.9 Å². The molecule has 1 aromatic rings. The van der Waals surface area contributed by atoms with Gasteiger partial charge in [0.1, 0.15) is 0 Å². The van der Waals surface area contributed by atoms with E-state index in [9.17, 15) is 8.42 Å². The van der Waals surface area contributed by atoms with E-state index in [1.165, 1.54) is 0 Å². The second kappa shape index (κ2) is 7.35. The fourth-order valence-electron chi connectivity index (χ4n) is 2.48. The lowest BCUT2D eigenvalue weighted by atomic mass is 10.2. The quantitative estimate of drug-likeness (QED) is 0.879. The van der Waals surface area contributed by atoms with Crippen molar-refractivity contribution in [3.05, 3.63) is 29.8 Å². The average Bonchev–Trinajstić information content (AvgIpc) is 2.69. The largest absolute Gasteiger partial charge is 0.377 e. The van der Waals surface area contributed by atoms with Crippen molar-refractivity contribution in [1.82, 2.24) is 4.90 Å². The molecule has 2 N–H and O–H groups in total. The van der Waals surface area contributed by atoms with Gasteiger partial charge in [0.25, 0.3) is 0 Å². The summed E-state index contributed by atoms with van der Waals surface area (Å²) in [6, 6.07) is 6.83. The van der Waals surface area contributed by atoms with Crippen LogP contribution in [0.25, 0.3) is 0 Å². The molecule has 1 saturated heterocycles. The van der Waals surface area contributed by atoms with Crippen molar-refractivity contribution in [2.45, 2.75) is 30.9 Å². The Labute approximate surface area is 127 Å². The Morgan fingerprint density at radius 3 is 2.71 bits per heavy atom. The summed E-state index contributed by atoms with van der Waals surface area (Å²) >= 11 is 0. The maximum absolute atomic E-state index is 12.4. The van der Waals surface area contributed by atoms with Crippen LogP contribution in [0.15, 0.2) is 29.2 Å². The summed E-state index contributed by atoms with van der Waals surface area (Å²) in [5.41, 5.74) is 6.46. The predicted octanol–water partition coefficient (Wildman–Crippen LogP) is 1.03. The molecule has 0 amide bonds. The van der Waals surface area contributed by atoms with E-state index >= 15 is 0 Å².